The summed E-state index contributed by atoms with van der Waals surface area (Å²) in [5.74, 6) is 0. The van der Waals surface area contributed by atoms with E-state index in [0.29, 0.717) is 6.42 Å². The predicted octanol–water partition coefficient (Wildman–Crippen LogP) is -1.90. The highest BCUT2D eigenvalue weighted by molar-refractivity contribution is 7.89. The number of aryl methyl sites for hydroxylation is 1. The Hall–Kier alpha value is -1.45. The lowest BCUT2D eigenvalue weighted by atomic mass is 10.2. The van der Waals surface area contributed by atoms with Crippen molar-refractivity contribution >= 4 is 10.0 Å². The minimum Gasteiger partial charge on any atom is -0.327 e. The van der Waals surface area contributed by atoms with Gasteiger partial charge in [0.1, 0.15) is 0 Å². The van der Waals surface area contributed by atoms with E-state index < -0.39 is 26.2 Å². The molecule has 0 aliphatic heterocycles. The molecule has 9 heteroatoms. The Morgan fingerprint density at radius 2 is 1.95 bits per heavy atom. The van der Waals surface area contributed by atoms with Crippen molar-refractivity contribution in [2.75, 3.05) is 6.54 Å². The second kappa shape index (κ2) is 5.68. The van der Waals surface area contributed by atoms with Gasteiger partial charge in [-0.15, -0.1) is 0 Å². The zero-order chi connectivity index (χ0) is 14.8. The number of hydrogen-bond donors (Lipinski definition) is 2. The maximum Gasteiger partial charge on any atom is 0.330 e. The van der Waals surface area contributed by atoms with Crippen molar-refractivity contribution in [3.05, 3.63) is 27.0 Å². The summed E-state index contributed by atoms with van der Waals surface area (Å²) < 4.78 is 28.0. The highest BCUT2D eigenvalue weighted by atomic mass is 32.2. The van der Waals surface area contributed by atoms with Gasteiger partial charge in [0.2, 0.25) is 10.0 Å². The molecule has 1 aromatic rings. The third-order valence-electron chi connectivity index (χ3n) is 2.76. The molecule has 0 bridgehead atoms. The Morgan fingerprint density at radius 1 is 1.37 bits per heavy atom. The van der Waals surface area contributed by atoms with E-state index in [0.717, 1.165) is 15.3 Å². The molecule has 0 aliphatic carbocycles. The van der Waals surface area contributed by atoms with Gasteiger partial charge in [-0.1, -0.05) is 6.92 Å². The SMILES string of the molecule is CCC(N)CNS(=O)(=O)c1cn(C)c(=O)n(C)c1=O. The normalized spacial score (nSPS) is 13.5. The maximum atomic E-state index is 12.0. The van der Waals surface area contributed by atoms with Crippen LogP contribution in [0.15, 0.2) is 20.7 Å². The van der Waals surface area contributed by atoms with E-state index >= 15 is 0 Å². The fourth-order valence-electron chi connectivity index (χ4n) is 1.40. The molecule has 1 heterocycles. The lowest BCUT2D eigenvalue weighted by Crippen LogP contribution is -2.43. The molecule has 108 valence electrons. The molecule has 1 unspecified atom stereocenters. The van der Waals surface area contributed by atoms with E-state index in [4.69, 9.17) is 5.73 Å². The van der Waals surface area contributed by atoms with Gasteiger partial charge < -0.3 is 10.3 Å². The average Bonchev–Trinajstić information content (AvgIpc) is 2.37. The van der Waals surface area contributed by atoms with E-state index in [-0.39, 0.29) is 12.6 Å². The van der Waals surface area contributed by atoms with Crippen LogP contribution in [0.5, 0.6) is 0 Å². The van der Waals surface area contributed by atoms with Gasteiger partial charge in [0.15, 0.2) is 4.90 Å². The van der Waals surface area contributed by atoms with Crippen molar-refractivity contribution < 1.29 is 8.42 Å². The van der Waals surface area contributed by atoms with Crippen LogP contribution in [0.4, 0.5) is 0 Å². The van der Waals surface area contributed by atoms with Crippen molar-refractivity contribution in [3.8, 4) is 0 Å². The summed E-state index contributed by atoms with van der Waals surface area (Å²) >= 11 is 0. The standard InChI is InChI=1S/C10H18N4O4S/c1-4-7(11)5-12-19(17,18)8-6-13(2)10(16)14(3)9(8)15/h6-7,12H,4-5,11H2,1-3H3. The largest absolute Gasteiger partial charge is 0.330 e. The Balaban J connectivity index is 3.24. The minimum atomic E-state index is -3.98. The lowest BCUT2D eigenvalue weighted by Gasteiger charge is -2.11. The monoisotopic (exact) mass is 290 g/mol. The van der Waals surface area contributed by atoms with Crippen LogP contribution in [-0.2, 0) is 24.1 Å². The van der Waals surface area contributed by atoms with Gasteiger partial charge in [0.05, 0.1) is 0 Å². The fourth-order valence-corrected chi connectivity index (χ4v) is 2.65. The first kappa shape index (κ1) is 15.6. The maximum absolute atomic E-state index is 12.0. The van der Waals surface area contributed by atoms with Crippen molar-refractivity contribution in [2.45, 2.75) is 24.3 Å². The van der Waals surface area contributed by atoms with E-state index in [1.54, 1.807) is 0 Å². The molecule has 0 aromatic carbocycles. The Kier molecular flexibility index (Phi) is 4.66. The predicted molar refractivity (Wildman–Crippen MR) is 70.4 cm³/mol. The van der Waals surface area contributed by atoms with E-state index in [2.05, 4.69) is 4.72 Å². The number of rotatable bonds is 5. The smallest absolute Gasteiger partial charge is 0.327 e. The quantitative estimate of drug-likeness (QED) is 0.657. The molecule has 3 N–H and O–H groups in total. The number of sulfonamides is 1. The first-order chi connectivity index (χ1) is 8.70. The Bertz CT molecular complexity index is 674. The van der Waals surface area contributed by atoms with Crippen molar-refractivity contribution in [2.24, 2.45) is 19.8 Å². The summed E-state index contributed by atoms with van der Waals surface area (Å²) in [6.45, 7) is 1.86. The number of hydrogen-bond acceptors (Lipinski definition) is 5. The molecule has 1 aromatic heterocycles. The third kappa shape index (κ3) is 3.31. The average molecular weight is 290 g/mol. The van der Waals surface area contributed by atoms with Crippen LogP contribution in [-0.4, -0.2) is 30.1 Å². The van der Waals surface area contributed by atoms with Crippen LogP contribution in [0.25, 0.3) is 0 Å². The van der Waals surface area contributed by atoms with Crippen LogP contribution in [0.1, 0.15) is 13.3 Å². The highest BCUT2D eigenvalue weighted by Crippen LogP contribution is 2.00. The number of nitrogens with two attached hydrogens (primary N) is 1. The van der Waals surface area contributed by atoms with E-state index in [1.807, 2.05) is 6.92 Å². The van der Waals surface area contributed by atoms with Gasteiger partial charge in [-0.2, -0.15) is 0 Å². The van der Waals surface area contributed by atoms with Gasteiger partial charge in [0, 0.05) is 32.9 Å². The second-order valence-corrected chi connectivity index (χ2v) is 6.01. The molecule has 0 aliphatic rings. The van der Waals surface area contributed by atoms with Gasteiger partial charge in [-0.25, -0.2) is 17.9 Å². The number of nitrogens with zero attached hydrogens (tertiary/aromatic N) is 2. The van der Waals surface area contributed by atoms with Gasteiger partial charge in [0.25, 0.3) is 5.56 Å². The minimum absolute atomic E-state index is 0.0326. The summed E-state index contributed by atoms with van der Waals surface area (Å²) in [6, 6.07) is -0.328. The van der Waals surface area contributed by atoms with Crippen LogP contribution in [0.2, 0.25) is 0 Å². The molecule has 0 fully saturated rings. The Morgan fingerprint density at radius 3 is 2.47 bits per heavy atom. The van der Waals surface area contributed by atoms with Crippen molar-refractivity contribution in [3.63, 3.8) is 0 Å². The third-order valence-corrected chi connectivity index (χ3v) is 4.17. The number of aromatic nitrogens is 2. The molecular weight excluding hydrogens is 272 g/mol. The zero-order valence-corrected chi connectivity index (χ0v) is 11.9. The van der Waals surface area contributed by atoms with Crippen LogP contribution < -0.4 is 21.7 Å². The molecule has 0 radical (unpaired) electrons. The molecule has 1 atom stereocenters. The van der Waals surface area contributed by atoms with E-state index in [9.17, 15) is 18.0 Å². The summed E-state index contributed by atoms with van der Waals surface area (Å²) in [6.07, 6.45) is 1.61. The van der Waals surface area contributed by atoms with Crippen LogP contribution >= 0.6 is 0 Å². The van der Waals surface area contributed by atoms with Gasteiger partial charge >= 0.3 is 5.69 Å². The summed E-state index contributed by atoms with van der Waals surface area (Å²) in [5, 5.41) is 0. The van der Waals surface area contributed by atoms with Crippen molar-refractivity contribution in [1.82, 2.24) is 13.9 Å². The lowest BCUT2D eigenvalue weighted by molar-refractivity contribution is 0.556. The van der Waals surface area contributed by atoms with Crippen LogP contribution in [0, 0.1) is 0 Å². The Labute approximate surface area is 110 Å². The first-order valence-corrected chi connectivity index (χ1v) is 7.21. The molecule has 0 spiro atoms. The van der Waals surface area contributed by atoms with E-state index in [1.165, 1.54) is 14.1 Å². The molecule has 1 rings (SSSR count). The molecule has 0 saturated carbocycles. The fraction of sp³-hybridized carbons (Fsp3) is 0.600. The highest BCUT2D eigenvalue weighted by Gasteiger charge is 2.21. The number of nitrogens with one attached hydrogen (secondary N) is 1. The summed E-state index contributed by atoms with van der Waals surface area (Å²) in [5.41, 5.74) is 4.17. The first-order valence-electron chi connectivity index (χ1n) is 5.72. The summed E-state index contributed by atoms with van der Waals surface area (Å²) in [7, 11) is -1.38. The zero-order valence-electron chi connectivity index (χ0n) is 11.1. The molecular formula is C10H18N4O4S. The molecule has 8 nitrogen and oxygen atoms in total. The van der Waals surface area contributed by atoms with Crippen LogP contribution in [0.3, 0.4) is 0 Å². The molecule has 0 amide bonds. The molecule has 0 saturated heterocycles. The van der Waals surface area contributed by atoms with Crippen molar-refractivity contribution in [1.29, 1.82) is 0 Å². The second-order valence-electron chi connectivity index (χ2n) is 4.27. The van der Waals surface area contributed by atoms with Gasteiger partial charge in [-0.05, 0) is 6.42 Å². The topological polar surface area (TPSA) is 116 Å². The van der Waals surface area contributed by atoms with Gasteiger partial charge in [-0.3, -0.25) is 9.36 Å². The molecule has 19 heavy (non-hydrogen) atoms. The summed E-state index contributed by atoms with van der Waals surface area (Å²) in [4.78, 5) is 22.8.